The maximum absolute atomic E-state index is 13.0. The maximum atomic E-state index is 13.0. The highest BCUT2D eigenvalue weighted by Crippen LogP contribution is 2.16. The van der Waals surface area contributed by atoms with Gasteiger partial charge in [-0.05, 0) is 18.2 Å². The Morgan fingerprint density at radius 1 is 1.38 bits per heavy atom. The molecule has 0 fully saturated rings. The zero-order valence-electron chi connectivity index (χ0n) is 10.9. The maximum Gasteiger partial charge on any atom is 0.337 e. The average molecular weight is 292 g/mol. The van der Waals surface area contributed by atoms with Gasteiger partial charge in [-0.2, -0.15) is 0 Å². The molecule has 0 unspecified atom stereocenters. The summed E-state index contributed by atoms with van der Waals surface area (Å²) in [6.07, 6.45) is 3.79. The van der Waals surface area contributed by atoms with E-state index < -0.39 is 17.8 Å². The van der Waals surface area contributed by atoms with Gasteiger partial charge in [0.15, 0.2) is 0 Å². The molecule has 0 spiro atoms. The number of urea groups is 1. The molecule has 1 aromatic carbocycles. The summed E-state index contributed by atoms with van der Waals surface area (Å²) in [4.78, 5) is 29.5. The second kappa shape index (κ2) is 6.51. The SMILES string of the molecule is O=C(NCCc1ncc[nH]1)Nc1ccc(F)cc1C(=O)O. The number of carbonyl (C=O) groups excluding carboxylic acids is 1. The summed E-state index contributed by atoms with van der Waals surface area (Å²) in [5, 5.41) is 13.9. The number of rotatable bonds is 5. The Morgan fingerprint density at radius 2 is 2.19 bits per heavy atom. The fourth-order valence-corrected chi connectivity index (χ4v) is 1.70. The summed E-state index contributed by atoms with van der Waals surface area (Å²) in [7, 11) is 0. The molecule has 1 heterocycles. The average Bonchev–Trinajstić information content (AvgIpc) is 2.94. The van der Waals surface area contributed by atoms with E-state index in [-0.39, 0.29) is 11.3 Å². The lowest BCUT2D eigenvalue weighted by atomic mass is 10.2. The van der Waals surface area contributed by atoms with Crippen molar-refractivity contribution in [1.82, 2.24) is 15.3 Å². The zero-order chi connectivity index (χ0) is 15.2. The Balaban J connectivity index is 1.92. The molecule has 110 valence electrons. The number of nitrogens with one attached hydrogen (secondary N) is 3. The second-order valence-electron chi connectivity index (χ2n) is 4.16. The summed E-state index contributed by atoms with van der Waals surface area (Å²) < 4.78 is 13.0. The van der Waals surface area contributed by atoms with Gasteiger partial charge in [-0.25, -0.2) is 19.0 Å². The zero-order valence-corrected chi connectivity index (χ0v) is 10.9. The van der Waals surface area contributed by atoms with Gasteiger partial charge in [-0.15, -0.1) is 0 Å². The van der Waals surface area contributed by atoms with Crippen molar-refractivity contribution in [3.05, 3.63) is 47.8 Å². The Morgan fingerprint density at radius 3 is 2.86 bits per heavy atom. The summed E-state index contributed by atoms with van der Waals surface area (Å²) in [6.45, 7) is 0.322. The van der Waals surface area contributed by atoms with Crippen LogP contribution in [0.3, 0.4) is 0 Å². The van der Waals surface area contributed by atoms with Gasteiger partial charge in [0.1, 0.15) is 11.6 Å². The molecule has 0 atom stereocenters. The molecule has 0 aliphatic rings. The number of carboxylic acid groups (broad SMARTS) is 1. The molecule has 0 aliphatic heterocycles. The van der Waals surface area contributed by atoms with Crippen LogP contribution in [0.4, 0.5) is 14.9 Å². The van der Waals surface area contributed by atoms with E-state index in [1.807, 2.05) is 0 Å². The molecule has 7 nitrogen and oxygen atoms in total. The van der Waals surface area contributed by atoms with E-state index in [4.69, 9.17) is 5.11 Å². The Labute approximate surface area is 119 Å². The molecule has 0 bridgehead atoms. The smallest absolute Gasteiger partial charge is 0.337 e. The third-order valence-electron chi connectivity index (χ3n) is 2.66. The molecule has 2 amide bonds. The Bertz CT molecular complexity index is 643. The number of benzene rings is 1. The van der Waals surface area contributed by atoms with Gasteiger partial charge in [-0.1, -0.05) is 0 Å². The molecule has 0 aliphatic carbocycles. The van der Waals surface area contributed by atoms with Crippen LogP contribution >= 0.6 is 0 Å². The molecular formula is C13H13FN4O3. The van der Waals surface area contributed by atoms with Gasteiger partial charge in [0.25, 0.3) is 0 Å². The Kier molecular flexibility index (Phi) is 4.50. The first kappa shape index (κ1) is 14.5. The lowest BCUT2D eigenvalue weighted by Gasteiger charge is -2.09. The normalized spacial score (nSPS) is 10.1. The van der Waals surface area contributed by atoms with E-state index in [1.165, 1.54) is 6.07 Å². The van der Waals surface area contributed by atoms with Gasteiger partial charge in [0.05, 0.1) is 11.3 Å². The van der Waals surface area contributed by atoms with Crippen LogP contribution < -0.4 is 10.6 Å². The number of aromatic nitrogens is 2. The highest BCUT2D eigenvalue weighted by molar-refractivity contribution is 5.99. The molecule has 8 heteroatoms. The van der Waals surface area contributed by atoms with Crippen molar-refractivity contribution in [2.45, 2.75) is 6.42 Å². The number of nitrogens with zero attached hydrogens (tertiary/aromatic N) is 1. The lowest BCUT2D eigenvalue weighted by Crippen LogP contribution is -2.31. The molecule has 0 saturated carbocycles. The first-order valence-electron chi connectivity index (χ1n) is 6.12. The largest absolute Gasteiger partial charge is 0.478 e. The van der Waals surface area contributed by atoms with Gasteiger partial charge < -0.3 is 20.7 Å². The highest BCUT2D eigenvalue weighted by Gasteiger charge is 2.13. The van der Waals surface area contributed by atoms with Crippen molar-refractivity contribution >= 4 is 17.7 Å². The van der Waals surface area contributed by atoms with Gasteiger partial charge >= 0.3 is 12.0 Å². The standard InChI is InChI=1S/C13H13FN4O3/c14-8-1-2-10(9(7-8)12(19)20)18-13(21)17-4-3-11-15-5-6-16-11/h1-2,5-7H,3-4H2,(H,15,16)(H,19,20)(H2,17,18,21). The van der Waals surface area contributed by atoms with Crippen LogP contribution in [0.25, 0.3) is 0 Å². The monoisotopic (exact) mass is 292 g/mol. The molecule has 2 aromatic rings. The molecule has 1 aromatic heterocycles. The molecule has 0 radical (unpaired) electrons. The fraction of sp³-hybridized carbons (Fsp3) is 0.154. The number of amides is 2. The number of aromatic amines is 1. The minimum atomic E-state index is -1.32. The first-order valence-corrected chi connectivity index (χ1v) is 6.12. The predicted molar refractivity (Wildman–Crippen MR) is 72.7 cm³/mol. The quantitative estimate of drug-likeness (QED) is 0.671. The summed E-state index contributed by atoms with van der Waals surface area (Å²) in [5.41, 5.74) is -0.282. The van der Waals surface area contributed by atoms with Crippen molar-refractivity contribution in [3.8, 4) is 0 Å². The van der Waals surface area contributed by atoms with Gasteiger partial charge in [-0.3, -0.25) is 0 Å². The van der Waals surface area contributed by atoms with Crippen LogP contribution in [0.2, 0.25) is 0 Å². The molecule has 0 saturated heterocycles. The molecule has 4 N–H and O–H groups in total. The van der Waals surface area contributed by atoms with Crippen molar-refractivity contribution in [2.75, 3.05) is 11.9 Å². The van der Waals surface area contributed by atoms with E-state index in [0.29, 0.717) is 13.0 Å². The number of anilines is 1. The van der Waals surface area contributed by atoms with Crippen LogP contribution in [0.1, 0.15) is 16.2 Å². The van der Waals surface area contributed by atoms with E-state index in [0.717, 1.165) is 18.0 Å². The van der Waals surface area contributed by atoms with E-state index >= 15 is 0 Å². The van der Waals surface area contributed by atoms with Crippen molar-refractivity contribution < 1.29 is 19.1 Å². The van der Waals surface area contributed by atoms with Crippen molar-refractivity contribution in [2.24, 2.45) is 0 Å². The minimum absolute atomic E-state index is 0.0272. The number of hydrogen-bond acceptors (Lipinski definition) is 3. The third kappa shape index (κ3) is 4.03. The number of hydrogen-bond donors (Lipinski definition) is 4. The number of carboxylic acids is 1. The van der Waals surface area contributed by atoms with Gasteiger partial charge in [0, 0.05) is 25.4 Å². The van der Waals surface area contributed by atoms with E-state index in [9.17, 15) is 14.0 Å². The molecule has 2 rings (SSSR count). The summed E-state index contributed by atoms with van der Waals surface area (Å²) in [6, 6.07) is 2.55. The topological polar surface area (TPSA) is 107 Å². The van der Waals surface area contributed by atoms with Crippen LogP contribution in [-0.4, -0.2) is 33.6 Å². The van der Waals surface area contributed by atoms with E-state index in [1.54, 1.807) is 12.4 Å². The third-order valence-corrected chi connectivity index (χ3v) is 2.66. The summed E-state index contributed by atoms with van der Waals surface area (Å²) >= 11 is 0. The number of H-pyrrole nitrogens is 1. The second-order valence-corrected chi connectivity index (χ2v) is 4.16. The van der Waals surface area contributed by atoms with E-state index in [2.05, 4.69) is 20.6 Å². The van der Waals surface area contributed by atoms with Crippen LogP contribution in [0, 0.1) is 5.82 Å². The Hall–Kier alpha value is -2.90. The summed E-state index contributed by atoms with van der Waals surface area (Å²) in [5.74, 6) is -1.28. The predicted octanol–water partition coefficient (Wildman–Crippen LogP) is 1.61. The fourth-order valence-electron chi connectivity index (χ4n) is 1.70. The van der Waals surface area contributed by atoms with Crippen molar-refractivity contribution in [1.29, 1.82) is 0 Å². The highest BCUT2D eigenvalue weighted by atomic mass is 19.1. The first-order chi connectivity index (χ1) is 10.1. The van der Waals surface area contributed by atoms with Crippen LogP contribution in [-0.2, 0) is 6.42 Å². The van der Waals surface area contributed by atoms with Crippen LogP contribution in [0.5, 0.6) is 0 Å². The van der Waals surface area contributed by atoms with Crippen molar-refractivity contribution in [3.63, 3.8) is 0 Å². The minimum Gasteiger partial charge on any atom is -0.478 e. The number of imidazole rings is 1. The van der Waals surface area contributed by atoms with Crippen LogP contribution in [0.15, 0.2) is 30.6 Å². The molecule has 21 heavy (non-hydrogen) atoms. The number of aromatic carboxylic acids is 1. The molecular weight excluding hydrogens is 279 g/mol. The number of halogens is 1. The lowest BCUT2D eigenvalue weighted by molar-refractivity contribution is 0.0697. The van der Waals surface area contributed by atoms with Gasteiger partial charge in [0.2, 0.25) is 0 Å². The number of carbonyl (C=O) groups is 2.